The molecule has 2 saturated heterocycles. The van der Waals surface area contributed by atoms with E-state index in [-0.39, 0.29) is 23.4 Å². The number of fused-ring (bicyclic) bond motifs is 1. The molecule has 1 aromatic carbocycles. The number of rotatable bonds is 6. The van der Waals surface area contributed by atoms with Crippen LogP contribution in [0.3, 0.4) is 0 Å². The predicted molar refractivity (Wildman–Crippen MR) is 141 cm³/mol. The molecule has 1 N–H and O–H groups in total. The molecule has 0 unspecified atom stereocenters. The molecule has 35 heavy (non-hydrogen) atoms. The SMILES string of the molecule is CCC1(CC)CC[C@@H]([C@@H](C(=O)N2CCN(c3ncnc4c3[C@H](C)CC4)CC2)c2ccc(Cl)cc2)N1. The van der Waals surface area contributed by atoms with Crippen molar-refractivity contribution < 1.29 is 4.79 Å². The number of piperazine rings is 1. The number of amides is 1. The minimum atomic E-state index is -0.192. The first-order valence-corrected chi connectivity index (χ1v) is 13.7. The maximum Gasteiger partial charge on any atom is 0.231 e. The largest absolute Gasteiger partial charge is 0.353 e. The molecule has 1 aliphatic carbocycles. The van der Waals surface area contributed by atoms with Crippen molar-refractivity contribution in [2.24, 2.45) is 0 Å². The number of nitrogens with zero attached hydrogens (tertiary/aromatic N) is 4. The maximum absolute atomic E-state index is 14.0. The summed E-state index contributed by atoms with van der Waals surface area (Å²) in [5, 5.41) is 4.60. The number of anilines is 1. The smallest absolute Gasteiger partial charge is 0.231 e. The number of carbonyl (C=O) groups excluding carboxylic acids is 1. The fraction of sp³-hybridized carbons (Fsp3) is 0.607. The summed E-state index contributed by atoms with van der Waals surface area (Å²) in [6, 6.07) is 8.04. The van der Waals surface area contributed by atoms with Crippen LogP contribution in [0.2, 0.25) is 5.02 Å². The molecular weight excluding hydrogens is 458 g/mol. The van der Waals surface area contributed by atoms with Gasteiger partial charge in [0.05, 0.1) is 5.92 Å². The number of aromatic nitrogens is 2. The Morgan fingerprint density at radius 3 is 2.49 bits per heavy atom. The Morgan fingerprint density at radius 1 is 1.11 bits per heavy atom. The number of nitrogens with one attached hydrogen (secondary N) is 1. The van der Waals surface area contributed by atoms with Gasteiger partial charge in [-0.3, -0.25) is 4.79 Å². The maximum atomic E-state index is 14.0. The summed E-state index contributed by atoms with van der Waals surface area (Å²) < 4.78 is 0. The zero-order chi connectivity index (χ0) is 24.6. The zero-order valence-electron chi connectivity index (χ0n) is 21.3. The van der Waals surface area contributed by atoms with E-state index in [0.29, 0.717) is 10.9 Å². The highest BCUT2D eigenvalue weighted by molar-refractivity contribution is 6.30. The molecule has 188 valence electrons. The predicted octanol–water partition coefficient (Wildman–Crippen LogP) is 4.92. The molecule has 3 aliphatic rings. The fourth-order valence-corrected chi connectivity index (χ4v) is 6.58. The van der Waals surface area contributed by atoms with Crippen molar-refractivity contribution in [1.29, 1.82) is 0 Å². The van der Waals surface area contributed by atoms with Crippen LogP contribution in [-0.4, -0.2) is 58.5 Å². The molecule has 7 heteroatoms. The lowest BCUT2D eigenvalue weighted by molar-refractivity contribution is -0.133. The Bertz CT molecular complexity index is 1050. The molecule has 3 atom stereocenters. The molecule has 5 rings (SSSR count). The van der Waals surface area contributed by atoms with Crippen LogP contribution in [0.25, 0.3) is 0 Å². The van der Waals surface area contributed by atoms with Gasteiger partial charge < -0.3 is 15.1 Å². The van der Waals surface area contributed by atoms with Gasteiger partial charge in [0.2, 0.25) is 5.91 Å². The Hall–Kier alpha value is -2.18. The molecule has 0 radical (unpaired) electrons. The van der Waals surface area contributed by atoms with E-state index in [2.05, 4.69) is 45.9 Å². The van der Waals surface area contributed by atoms with Crippen molar-refractivity contribution in [2.75, 3.05) is 31.1 Å². The van der Waals surface area contributed by atoms with Gasteiger partial charge in [0, 0.05) is 54.0 Å². The standard InChI is InChI=1S/C28H38ClN5O/c1-4-28(5-2)13-12-23(32-28)25(20-7-9-21(29)10-8-20)27(35)34-16-14-33(15-17-34)26-24-19(3)6-11-22(24)30-18-31-26/h7-10,18-19,23,25,32H,4-6,11-17H2,1-3H3/t19-,23+,25+/m1/s1. The number of aryl methyl sites for hydroxylation is 1. The van der Waals surface area contributed by atoms with Crippen LogP contribution in [-0.2, 0) is 11.2 Å². The van der Waals surface area contributed by atoms with Gasteiger partial charge in [-0.25, -0.2) is 9.97 Å². The van der Waals surface area contributed by atoms with E-state index in [1.165, 1.54) is 11.3 Å². The van der Waals surface area contributed by atoms with Gasteiger partial charge in [-0.2, -0.15) is 0 Å². The Labute approximate surface area is 214 Å². The quantitative estimate of drug-likeness (QED) is 0.616. The summed E-state index contributed by atoms with van der Waals surface area (Å²) in [6.45, 7) is 9.83. The summed E-state index contributed by atoms with van der Waals surface area (Å²) in [7, 11) is 0. The first kappa shape index (κ1) is 24.5. The van der Waals surface area contributed by atoms with Crippen molar-refractivity contribution in [1.82, 2.24) is 20.2 Å². The van der Waals surface area contributed by atoms with E-state index >= 15 is 0 Å². The summed E-state index contributed by atoms with van der Waals surface area (Å²) in [4.78, 5) is 27.7. The van der Waals surface area contributed by atoms with Crippen LogP contribution >= 0.6 is 11.6 Å². The monoisotopic (exact) mass is 495 g/mol. The highest BCUT2D eigenvalue weighted by atomic mass is 35.5. The fourth-order valence-electron chi connectivity index (χ4n) is 6.45. The second kappa shape index (κ2) is 10.1. The van der Waals surface area contributed by atoms with Crippen LogP contribution in [0.1, 0.15) is 81.5 Å². The molecule has 0 bridgehead atoms. The average Bonchev–Trinajstić information content (AvgIpc) is 3.50. The number of hydrogen-bond acceptors (Lipinski definition) is 5. The van der Waals surface area contributed by atoms with Crippen molar-refractivity contribution >= 4 is 23.3 Å². The molecule has 1 amide bonds. The molecule has 3 heterocycles. The van der Waals surface area contributed by atoms with Crippen LogP contribution in [0, 0.1) is 0 Å². The van der Waals surface area contributed by atoms with E-state index in [1.807, 2.05) is 24.3 Å². The van der Waals surface area contributed by atoms with Crippen LogP contribution in [0.5, 0.6) is 0 Å². The van der Waals surface area contributed by atoms with Gasteiger partial charge in [0.1, 0.15) is 12.1 Å². The molecule has 6 nitrogen and oxygen atoms in total. The highest BCUT2D eigenvalue weighted by Gasteiger charge is 2.43. The van der Waals surface area contributed by atoms with Crippen molar-refractivity contribution in [3.05, 3.63) is 52.4 Å². The summed E-state index contributed by atoms with van der Waals surface area (Å²) >= 11 is 6.19. The number of carbonyl (C=O) groups is 1. The summed E-state index contributed by atoms with van der Waals surface area (Å²) in [6.07, 6.45) is 8.20. The van der Waals surface area contributed by atoms with Gasteiger partial charge in [-0.1, -0.05) is 44.5 Å². The van der Waals surface area contributed by atoms with Gasteiger partial charge in [-0.15, -0.1) is 0 Å². The molecule has 2 fully saturated rings. The second-order valence-electron chi connectivity index (χ2n) is 10.6. The molecule has 2 aliphatic heterocycles. The summed E-state index contributed by atoms with van der Waals surface area (Å²) in [5.74, 6) is 1.62. The Kier molecular flexibility index (Phi) is 7.04. The van der Waals surface area contributed by atoms with Crippen LogP contribution in [0.15, 0.2) is 30.6 Å². The summed E-state index contributed by atoms with van der Waals surface area (Å²) in [5.41, 5.74) is 3.71. The van der Waals surface area contributed by atoms with E-state index in [0.717, 1.165) is 76.1 Å². The lowest BCUT2D eigenvalue weighted by Crippen LogP contribution is -2.53. The number of benzene rings is 1. The van der Waals surface area contributed by atoms with Crippen LogP contribution < -0.4 is 10.2 Å². The molecule has 1 aromatic heterocycles. The molecular formula is C28H38ClN5O. The van der Waals surface area contributed by atoms with E-state index in [4.69, 9.17) is 11.6 Å². The third-order valence-corrected chi connectivity index (χ3v) is 9.07. The first-order valence-electron chi connectivity index (χ1n) is 13.4. The second-order valence-corrected chi connectivity index (χ2v) is 11.1. The molecule has 2 aromatic rings. The number of halogens is 1. The van der Waals surface area contributed by atoms with Crippen molar-refractivity contribution in [3.8, 4) is 0 Å². The Morgan fingerprint density at radius 2 is 1.83 bits per heavy atom. The molecule has 0 saturated carbocycles. The molecule has 0 spiro atoms. The first-order chi connectivity index (χ1) is 16.9. The number of hydrogen-bond donors (Lipinski definition) is 1. The van der Waals surface area contributed by atoms with E-state index < -0.39 is 0 Å². The third kappa shape index (κ3) is 4.67. The minimum Gasteiger partial charge on any atom is -0.353 e. The van der Waals surface area contributed by atoms with Crippen molar-refractivity contribution in [2.45, 2.75) is 82.7 Å². The lowest BCUT2D eigenvalue weighted by Gasteiger charge is -2.39. The lowest BCUT2D eigenvalue weighted by atomic mass is 9.88. The van der Waals surface area contributed by atoms with Crippen molar-refractivity contribution in [3.63, 3.8) is 0 Å². The third-order valence-electron chi connectivity index (χ3n) is 8.82. The van der Waals surface area contributed by atoms with Gasteiger partial charge in [-0.05, 0) is 62.1 Å². The van der Waals surface area contributed by atoms with Gasteiger partial charge >= 0.3 is 0 Å². The average molecular weight is 496 g/mol. The highest BCUT2D eigenvalue weighted by Crippen LogP contribution is 2.39. The normalized spacial score (nSPS) is 24.5. The van der Waals surface area contributed by atoms with Gasteiger partial charge in [0.15, 0.2) is 0 Å². The van der Waals surface area contributed by atoms with Crippen LogP contribution in [0.4, 0.5) is 5.82 Å². The topological polar surface area (TPSA) is 61.4 Å². The van der Waals surface area contributed by atoms with Gasteiger partial charge in [0.25, 0.3) is 0 Å². The van der Waals surface area contributed by atoms with E-state index in [9.17, 15) is 4.79 Å². The Balaban J connectivity index is 1.34. The minimum absolute atomic E-state index is 0.137. The zero-order valence-corrected chi connectivity index (χ0v) is 22.0. The van der Waals surface area contributed by atoms with E-state index in [1.54, 1.807) is 6.33 Å².